The molecule has 27 heavy (non-hydrogen) atoms. The number of carbonyl (C=O) groups is 1. The first-order valence-corrected chi connectivity index (χ1v) is 9.39. The summed E-state index contributed by atoms with van der Waals surface area (Å²) in [6.45, 7) is 6.60. The second kappa shape index (κ2) is 8.22. The number of carboxylic acid groups (broad SMARTS) is 1. The molecular weight excluding hydrogens is 362 g/mol. The molecule has 0 unspecified atom stereocenters. The van der Waals surface area contributed by atoms with Crippen LogP contribution in [0.1, 0.15) is 26.5 Å². The Morgan fingerprint density at radius 2 is 1.85 bits per heavy atom. The fraction of sp³-hybridized carbons (Fsp3) is 0.238. The number of hydrogen-bond acceptors (Lipinski definition) is 5. The fourth-order valence-corrected chi connectivity index (χ4v) is 3.51. The van der Waals surface area contributed by atoms with Crippen molar-refractivity contribution in [2.24, 2.45) is 0 Å². The zero-order chi connectivity index (χ0) is 19.4. The minimum Gasteiger partial charge on any atom is -0.490 e. The molecule has 1 heterocycles. The van der Waals surface area contributed by atoms with Crippen molar-refractivity contribution < 1.29 is 19.4 Å². The van der Waals surface area contributed by atoms with Crippen molar-refractivity contribution in [2.75, 3.05) is 13.2 Å². The van der Waals surface area contributed by atoms with E-state index in [2.05, 4.69) is 11.1 Å². The lowest BCUT2D eigenvalue weighted by Crippen LogP contribution is -2.09. The van der Waals surface area contributed by atoms with Gasteiger partial charge >= 0.3 is 5.97 Å². The van der Waals surface area contributed by atoms with Gasteiger partial charge in [0.05, 0.1) is 5.69 Å². The van der Waals surface area contributed by atoms with Gasteiger partial charge in [-0.1, -0.05) is 24.3 Å². The summed E-state index contributed by atoms with van der Waals surface area (Å²) in [5.74, 6) is 0.612. The first kappa shape index (κ1) is 18.9. The molecule has 0 aliphatic heterocycles. The number of aryl methyl sites for hydroxylation is 3. The Balaban J connectivity index is 1.62. The van der Waals surface area contributed by atoms with Gasteiger partial charge in [-0.05, 0) is 50.1 Å². The Kier molecular flexibility index (Phi) is 5.76. The molecule has 0 saturated heterocycles. The topological polar surface area (TPSA) is 68.7 Å². The molecule has 0 spiro atoms. The average Bonchev–Trinajstić information content (AvgIpc) is 3.04. The maximum atomic E-state index is 11.2. The molecule has 0 amide bonds. The molecule has 6 heteroatoms. The molecule has 1 aromatic heterocycles. The predicted octanol–water partition coefficient (Wildman–Crippen LogP) is 4.89. The Labute approximate surface area is 162 Å². The predicted molar refractivity (Wildman–Crippen MR) is 106 cm³/mol. The lowest BCUT2D eigenvalue weighted by Gasteiger charge is -2.11. The molecule has 0 fully saturated rings. The van der Waals surface area contributed by atoms with Crippen LogP contribution in [0.25, 0.3) is 10.6 Å². The van der Waals surface area contributed by atoms with E-state index in [9.17, 15) is 9.90 Å². The van der Waals surface area contributed by atoms with E-state index >= 15 is 0 Å². The molecule has 3 aromatic rings. The molecular formula is C21H21NO4S. The van der Waals surface area contributed by atoms with E-state index in [-0.39, 0.29) is 4.88 Å². The third-order valence-corrected chi connectivity index (χ3v) is 5.22. The molecule has 2 aromatic carbocycles. The van der Waals surface area contributed by atoms with E-state index in [0.717, 1.165) is 22.4 Å². The summed E-state index contributed by atoms with van der Waals surface area (Å²) >= 11 is 1.17. The number of thiazole rings is 1. The normalized spacial score (nSPS) is 10.6. The summed E-state index contributed by atoms with van der Waals surface area (Å²) in [5, 5.41) is 9.85. The number of aromatic nitrogens is 1. The van der Waals surface area contributed by atoms with Crippen LogP contribution in [0.3, 0.4) is 0 Å². The number of benzene rings is 2. The highest BCUT2D eigenvalue weighted by Crippen LogP contribution is 2.30. The van der Waals surface area contributed by atoms with E-state index in [1.165, 1.54) is 11.3 Å². The Morgan fingerprint density at radius 1 is 1.07 bits per heavy atom. The van der Waals surface area contributed by atoms with E-state index < -0.39 is 5.97 Å². The van der Waals surface area contributed by atoms with Crippen molar-refractivity contribution in [1.82, 2.24) is 4.98 Å². The van der Waals surface area contributed by atoms with Crippen molar-refractivity contribution >= 4 is 17.3 Å². The molecule has 0 radical (unpaired) electrons. The highest BCUT2D eigenvalue weighted by molar-refractivity contribution is 7.17. The van der Waals surface area contributed by atoms with Crippen LogP contribution in [0.4, 0.5) is 0 Å². The minimum atomic E-state index is -0.952. The molecule has 1 N–H and O–H groups in total. The minimum absolute atomic E-state index is 0.262. The first-order chi connectivity index (χ1) is 12.9. The molecule has 0 aliphatic rings. The number of nitrogens with zero attached hydrogens (tertiary/aromatic N) is 1. The van der Waals surface area contributed by atoms with Crippen LogP contribution in [0.15, 0.2) is 42.5 Å². The second-order valence-corrected chi connectivity index (χ2v) is 7.23. The van der Waals surface area contributed by atoms with Crippen LogP contribution in [-0.2, 0) is 0 Å². The van der Waals surface area contributed by atoms with Crippen molar-refractivity contribution in [3.05, 3.63) is 64.2 Å². The van der Waals surface area contributed by atoms with Gasteiger partial charge in [0.25, 0.3) is 0 Å². The summed E-state index contributed by atoms with van der Waals surface area (Å²) < 4.78 is 11.6. The van der Waals surface area contributed by atoms with E-state index in [4.69, 9.17) is 9.47 Å². The van der Waals surface area contributed by atoms with Crippen molar-refractivity contribution in [3.63, 3.8) is 0 Å². The standard InChI is InChI=1S/C21H21NO4S/c1-13-7-8-14(2)18(11-13)26-10-9-25-17-6-4-5-16(12-17)20-22-15(3)19(27-20)21(23)24/h4-8,11-12H,9-10H2,1-3H3,(H,23,24). The van der Waals surface area contributed by atoms with Gasteiger partial charge in [0, 0.05) is 5.56 Å². The van der Waals surface area contributed by atoms with Gasteiger partial charge < -0.3 is 14.6 Å². The molecule has 0 saturated carbocycles. The van der Waals surface area contributed by atoms with Gasteiger partial charge in [-0.25, -0.2) is 9.78 Å². The lowest BCUT2D eigenvalue weighted by atomic mass is 10.1. The molecule has 0 aliphatic carbocycles. The van der Waals surface area contributed by atoms with Crippen LogP contribution >= 0.6 is 11.3 Å². The van der Waals surface area contributed by atoms with Gasteiger partial charge in [0.2, 0.25) is 0 Å². The fourth-order valence-electron chi connectivity index (χ4n) is 2.61. The highest BCUT2D eigenvalue weighted by Gasteiger charge is 2.15. The van der Waals surface area contributed by atoms with Crippen LogP contribution in [-0.4, -0.2) is 29.3 Å². The van der Waals surface area contributed by atoms with E-state index in [1.807, 2.05) is 50.2 Å². The van der Waals surface area contributed by atoms with Crippen molar-refractivity contribution in [1.29, 1.82) is 0 Å². The van der Waals surface area contributed by atoms with Gasteiger partial charge in [0.15, 0.2) is 0 Å². The second-order valence-electron chi connectivity index (χ2n) is 6.23. The Bertz CT molecular complexity index is 965. The Hall–Kier alpha value is -2.86. The summed E-state index contributed by atoms with van der Waals surface area (Å²) in [6, 6.07) is 13.6. The van der Waals surface area contributed by atoms with E-state index in [1.54, 1.807) is 6.92 Å². The maximum absolute atomic E-state index is 11.2. The first-order valence-electron chi connectivity index (χ1n) is 8.58. The van der Waals surface area contributed by atoms with Crippen molar-refractivity contribution in [2.45, 2.75) is 20.8 Å². The van der Waals surface area contributed by atoms with Crippen LogP contribution < -0.4 is 9.47 Å². The SMILES string of the molecule is Cc1ccc(C)c(OCCOc2cccc(-c3nc(C)c(C(=O)O)s3)c2)c1. The molecule has 140 valence electrons. The number of carboxylic acids is 1. The number of hydrogen-bond donors (Lipinski definition) is 1. The molecule has 5 nitrogen and oxygen atoms in total. The van der Waals surface area contributed by atoms with Crippen LogP contribution in [0, 0.1) is 20.8 Å². The van der Waals surface area contributed by atoms with Gasteiger partial charge in [-0.15, -0.1) is 11.3 Å². The maximum Gasteiger partial charge on any atom is 0.347 e. The smallest absolute Gasteiger partial charge is 0.347 e. The molecule has 0 atom stereocenters. The van der Waals surface area contributed by atoms with Gasteiger partial charge in [-0.2, -0.15) is 0 Å². The third kappa shape index (κ3) is 4.65. The number of ether oxygens (including phenoxy) is 2. The van der Waals surface area contributed by atoms with Crippen LogP contribution in [0.2, 0.25) is 0 Å². The summed E-state index contributed by atoms with van der Waals surface area (Å²) in [6.07, 6.45) is 0. The highest BCUT2D eigenvalue weighted by atomic mass is 32.1. The molecule has 0 bridgehead atoms. The number of aromatic carboxylic acids is 1. The lowest BCUT2D eigenvalue weighted by molar-refractivity contribution is 0.0701. The van der Waals surface area contributed by atoms with E-state index in [0.29, 0.717) is 29.7 Å². The Morgan fingerprint density at radius 3 is 2.59 bits per heavy atom. The molecule has 3 rings (SSSR count). The summed E-state index contributed by atoms with van der Waals surface area (Å²) in [7, 11) is 0. The average molecular weight is 383 g/mol. The van der Waals surface area contributed by atoms with Gasteiger partial charge in [-0.3, -0.25) is 0 Å². The van der Waals surface area contributed by atoms with Gasteiger partial charge in [0.1, 0.15) is 34.6 Å². The zero-order valence-corrected chi connectivity index (χ0v) is 16.3. The largest absolute Gasteiger partial charge is 0.490 e. The third-order valence-electron chi connectivity index (χ3n) is 4.03. The monoisotopic (exact) mass is 383 g/mol. The summed E-state index contributed by atoms with van der Waals surface area (Å²) in [5.41, 5.74) is 3.61. The number of rotatable bonds is 7. The summed E-state index contributed by atoms with van der Waals surface area (Å²) in [4.78, 5) is 15.8. The quantitative estimate of drug-likeness (QED) is 0.588. The zero-order valence-electron chi connectivity index (χ0n) is 15.5. The van der Waals surface area contributed by atoms with Crippen molar-refractivity contribution in [3.8, 4) is 22.1 Å². The van der Waals surface area contributed by atoms with Crippen LogP contribution in [0.5, 0.6) is 11.5 Å².